The number of nitrogens with one attached hydrogen (secondary N) is 2. The van der Waals surface area contributed by atoms with Gasteiger partial charge in [0.1, 0.15) is 5.75 Å². The molecule has 1 aromatic heterocycles. The Kier molecular flexibility index (Phi) is 6.06. The van der Waals surface area contributed by atoms with Gasteiger partial charge < -0.3 is 14.8 Å². The molecular formula is C22H24N4O4. The fourth-order valence-corrected chi connectivity index (χ4v) is 3.73. The highest BCUT2D eigenvalue weighted by Crippen LogP contribution is 2.24. The summed E-state index contributed by atoms with van der Waals surface area (Å²) in [7, 11) is 1.64. The van der Waals surface area contributed by atoms with E-state index in [-0.39, 0.29) is 23.2 Å². The van der Waals surface area contributed by atoms with Crippen LogP contribution in [-0.2, 0) is 4.74 Å². The summed E-state index contributed by atoms with van der Waals surface area (Å²) in [6.07, 6.45) is 0. The van der Waals surface area contributed by atoms with E-state index in [1.54, 1.807) is 31.4 Å². The molecule has 0 aliphatic carbocycles. The largest absolute Gasteiger partial charge is 0.497 e. The number of methoxy groups -OCH3 is 1. The van der Waals surface area contributed by atoms with Crippen LogP contribution < -0.4 is 15.6 Å². The third kappa shape index (κ3) is 4.19. The lowest BCUT2D eigenvalue weighted by Crippen LogP contribution is -2.44. The van der Waals surface area contributed by atoms with Crippen molar-refractivity contribution >= 4 is 16.7 Å². The van der Waals surface area contributed by atoms with Gasteiger partial charge in [0.2, 0.25) is 0 Å². The number of H-pyrrole nitrogens is 1. The van der Waals surface area contributed by atoms with E-state index in [0.717, 1.165) is 24.4 Å². The average molecular weight is 408 g/mol. The highest BCUT2D eigenvalue weighted by atomic mass is 16.5. The maximum Gasteiger partial charge on any atom is 0.272 e. The van der Waals surface area contributed by atoms with Crippen molar-refractivity contribution in [2.45, 2.75) is 6.04 Å². The molecule has 0 bridgehead atoms. The zero-order chi connectivity index (χ0) is 20.9. The van der Waals surface area contributed by atoms with Gasteiger partial charge in [0.15, 0.2) is 5.69 Å². The molecule has 4 rings (SSSR count). The van der Waals surface area contributed by atoms with E-state index in [9.17, 15) is 9.59 Å². The van der Waals surface area contributed by atoms with Crippen LogP contribution in [0.4, 0.5) is 0 Å². The van der Waals surface area contributed by atoms with Crippen molar-refractivity contribution in [1.29, 1.82) is 0 Å². The molecule has 1 aliphatic rings. The zero-order valence-corrected chi connectivity index (χ0v) is 16.8. The van der Waals surface area contributed by atoms with Gasteiger partial charge in [-0.3, -0.25) is 14.5 Å². The summed E-state index contributed by atoms with van der Waals surface area (Å²) in [5.74, 6) is 0.460. The average Bonchev–Trinajstić information content (AvgIpc) is 2.80. The molecule has 2 aromatic carbocycles. The maximum atomic E-state index is 12.9. The Morgan fingerprint density at radius 1 is 1.17 bits per heavy atom. The highest BCUT2D eigenvalue weighted by Gasteiger charge is 2.24. The molecule has 1 atom stereocenters. The van der Waals surface area contributed by atoms with Gasteiger partial charge in [-0.2, -0.15) is 5.10 Å². The summed E-state index contributed by atoms with van der Waals surface area (Å²) in [6.45, 7) is 3.29. The summed E-state index contributed by atoms with van der Waals surface area (Å²) < 4.78 is 10.7. The second-order valence-electron chi connectivity index (χ2n) is 7.09. The standard InChI is InChI=1S/C22H24N4O4/c1-29-16-8-6-15(7-9-16)19(26-10-12-30-13-11-26)14-23-22(28)20-17-4-2-3-5-18(17)21(27)25-24-20/h2-9,19H,10-14H2,1H3,(H,23,28)(H,25,27)/t19-/m0/s1. The van der Waals surface area contributed by atoms with Crippen molar-refractivity contribution in [2.75, 3.05) is 40.0 Å². The minimum absolute atomic E-state index is 0.0159. The predicted octanol–water partition coefficient (Wildman–Crippen LogP) is 1.73. The second kappa shape index (κ2) is 9.06. The van der Waals surface area contributed by atoms with Crippen molar-refractivity contribution in [1.82, 2.24) is 20.4 Å². The molecule has 30 heavy (non-hydrogen) atoms. The molecule has 3 aromatic rings. The summed E-state index contributed by atoms with van der Waals surface area (Å²) in [6, 6.07) is 14.8. The van der Waals surface area contributed by atoms with Gasteiger partial charge in [-0.05, 0) is 23.8 Å². The van der Waals surface area contributed by atoms with E-state index in [1.165, 1.54) is 0 Å². The van der Waals surface area contributed by atoms with Crippen molar-refractivity contribution in [3.63, 3.8) is 0 Å². The molecule has 156 valence electrons. The quantitative estimate of drug-likeness (QED) is 0.645. The Balaban J connectivity index is 1.57. The zero-order valence-electron chi connectivity index (χ0n) is 16.8. The van der Waals surface area contributed by atoms with Crippen molar-refractivity contribution in [2.24, 2.45) is 0 Å². The summed E-state index contributed by atoms with van der Waals surface area (Å²) in [4.78, 5) is 27.2. The van der Waals surface area contributed by atoms with Crippen LogP contribution in [0.25, 0.3) is 10.8 Å². The van der Waals surface area contributed by atoms with E-state index >= 15 is 0 Å². The minimum atomic E-state index is -0.325. The Bertz CT molecular complexity index is 1070. The van der Waals surface area contributed by atoms with Crippen LogP contribution in [0.3, 0.4) is 0 Å². The van der Waals surface area contributed by atoms with Crippen LogP contribution in [0.5, 0.6) is 5.75 Å². The van der Waals surface area contributed by atoms with E-state index in [2.05, 4.69) is 20.4 Å². The first-order valence-corrected chi connectivity index (χ1v) is 9.89. The van der Waals surface area contributed by atoms with Gasteiger partial charge in [0.05, 0.1) is 31.8 Å². The summed E-state index contributed by atoms with van der Waals surface area (Å²) in [5, 5.41) is 10.4. The topological polar surface area (TPSA) is 96.5 Å². The Labute approximate surface area is 173 Å². The number of fused-ring (bicyclic) bond motifs is 1. The molecular weight excluding hydrogens is 384 g/mol. The molecule has 0 saturated carbocycles. The third-order valence-electron chi connectivity index (χ3n) is 5.35. The normalized spacial score (nSPS) is 15.6. The molecule has 1 aliphatic heterocycles. The molecule has 0 spiro atoms. The number of carbonyl (C=O) groups is 1. The molecule has 1 amide bonds. The number of aromatic nitrogens is 2. The van der Waals surface area contributed by atoms with Crippen LogP contribution in [0.2, 0.25) is 0 Å². The van der Waals surface area contributed by atoms with E-state index in [1.807, 2.05) is 24.3 Å². The Morgan fingerprint density at radius 3 is 2.57 bits per heavy atom. The molecule has 8 heteroatoms. The number of hydrogen-bond donors (Lipinski definition) is 2. The van der Waals surface area contributed by atoms with Crippen LogP contribution in [0.15, 0.2) is 53.3 Å². The number of rotatable bonds is 6. The Hall–Kier alpha value is -3.23. The number of carbonyl (C=O) groups excluding carboxylic acids is 1. The number of ether oxygens (including phenoxy) is 2. The number of nitrogens with zero attached hydrogens (tertiary/aromatic N) is 2. The van der Waals surface area contributed by atoms with E-state index in [4.69, 9.17) is 9.47 Å². The van der Waals surface area contributed by atoms with Crippen LogP contribution in [-0.4, -0.2) is 61.0 Å². The summed E-state index contributed by atoms with van der Waals surface area (Å²) in [5.41, 5.74) is 0.976. The lowest BCUT2D eigenvalue weighted by Gasteiger charge is -2.35. The van der Waals surface area contributed by atoms with Gasteiger partial charge in [-0.1, -0.05) is 30.3 Å². The smallest absolute Gasteiger partial charge is 0.272 e. The number of benzene rings is 2. The minimum Gasteiger partial charge on any atom is -0.497 e. The molecule has 1 saturated heterocycles. The number of hydrogen-bond acceptors (Lipinski definition) is 6. The Morgan fingerprint density at radius 2 is 1.87 bits per heavy atom. The fraction of sp³-hybridized carbons (Fsp3) is 0.318. The SMILES string of the molecule is COc1ccc([C@H](CNC(=O)c2n[nH]c(=O)c3ccccc23)N2CCOCC2)cc1. The lowest BCUT2D eigenvalue weighted by molar-refractivity contribution is 0.0162. The first-order chi connectivity index (χ1) is 14.7. The van der Waals surface area contributed by atoms with Gasteiger partial charge in [0.25, 0.3) is 11.5 Å². The molecule has 2 N–H and O–H groups in total. The molecule has 2 heterocycles. The van der Waals surface area contributed by atoms with E-state index < -0.39 is 0 Å². The van der Waals surface area contributed by atoms with Crippen molar-refractivity contribution in [3.05, 3.63) is 70.1 Å². The summed E-state index contributed by atoms with van der Waals surface area (Å²) >= 11 is 0. The second-order valence-corrected chi connectivity index (χ2v) is 7.09. The van der Waals surface area contributed by atoms with Gasteiger partial charge in [-0.25, -0.2) is 5.10 Å². The predicted molar refractivity (Wildman–Crippen MR) is 113 cm³/mol. The van der Waals surface area contributed by atoms with E-state index in [0.29, 0.717) is 30.5 Å². The maximum absolute atomic E-state index is 12.9. The molecule has 1 fully saturated rings. The third-order valence-corrected chi connectivity index (χ3v) is 5.35. The molecule has 0 radical (unpaired) electrons. The first-order valence-electron chi connectivity index (χ1n) is 9.89. The lowest BCUT2D eigenvalue weighted by atomic mass is 10.0. The van der Waals surface area contributed by atoms with Crippen LogP contribution in [0.1, 0.15) is 22.1 Å². The number of amides is 1. The highest BCUT2D eigenvalue weighted by molar-refractivity contribution is 6.04. The monoisotopic (exact) mass is 408 g/mol. The molecule has 8 nitrogen and oxygen atoms in total. The number of aromatic amines is 1. The van der Waals surface area contributed by atoms with Crippen LogP contribution >= 0.6 is 0 Å². The fourth-order valence-electron chi connectivity index (χ4n) is 3.73. The molecule has 0 unspecified atom stereocenters. The number of morpholine rings is 1. The first kappa shape index (κ1) is 20.1. The van der Waals surface area contributed by atoms with Crippen LogP contribution in [0, 0.1) is 0 Å². The van der Waals surface area contributed by atoms with Gasteiger partial charge >= 0.3 is 0 Å². The van der Waals surface area contributed by atoms with Gasteiger partial charge in [-0.15, -0.1) is 0 Å². The van der Waals surface area contributed by atoms with Crippen molar-refractivity contribution < 1.29 is 14.3 Å². The van der Waals surface area contributed by atoms with Crippen molar-refractivity contribution in [3.8, 4) is 5.75 Å². The van der Waals surface area contributed by atoms with Gasteiger partial charge in [0, 0.05) is 25.0 Å².